The molecule has 0 bridgehead atoms. The minimum absolute atomic E-state index is 0.0325. The normalized spacial score (nSPS) is 11.1. The summed E-state index contributed by atoms with van der Waals surface area (Å²) in [7, 11) is 0. The number of carbonyl (C=O) groups is 2. The summed E-state index contributed by atoms with van der Waals surface area (Å²) in [5.41, 5.74) is 13.2. The summed E-state index contributed by atoms with van der Waals surface area (Å²) in [4.78, 5) is 32.9. The van der Waals surface area contributed by atoms with Crippen molar-refractivity contribution in [3.05, 3.63) is 59.1 Å². The Morgan fingerprint density at radius 2 is 1.90 bits per heavy atom. The molecule has 3 heterocycles. The number of amides is 2. The van der Waals surface area contributed by atoms with Crippen molar-refractivity contribution in [3.8, 4) is 11.1 Å². The summed E-state index contributed by atoms with van der Waals surface area (Å²) in [6.45, 7) is 3.98. The molecule has 0 radical (unpaired) electrons. The average molecular weight is 405 g/mol. The van der Waals surface area contributed by atoms with E-state index in [4.69, 9.17) is 16.0 Å². The predicted octanol–water partition coefficient (Wildman–Crippen LogP) is 1.60. The first-order chi connectivity index (χ1) is 14.4. The fourth-order valence-corrected chi connectivity index (χ4v) is 3.39. The summed E-state index contributed by atoms with van der Waals surface area (Å²) < 4.78 is 6.86. The molecule has 10 heteroatoms. The summed E-state index contributed by atoms with van der Waals surface area (Å²) in [6.07, 6.45) is 2.40. The zero-order valence-corrected chi connectivity index (χ0v) is 16.4. The lowest BCUT2D eigenvalue weighted by molar-refractivity contribution is 0.0964. The minimum atomic E-state index is -0.834. The van der Waals surface area contributed by atoms with Crippen LogP contribution in [0.25, 0.3) is 22.0 Å². The molecule has 2 amide bonds. The molecule has 4 rings (SSSR count). The van der Waals surface area contributed by atoms with Crippen molar-refractivity contribution in [1.29, 1.82) is 0 Å². The SMILES string of the molecule is CCc1noc(Cn2cc(-c3c(C(N)=O)c(C(N)=O)nc4ccccc34)c(C)n2)n1. The molecule has 0 fully saturated rings. The second-order valence-corrected chi connectivity index (χ2v) is 6.74. The van der Waals surface area contributed by atoms with Gasteiger partial charge in [-0.2, -0.15) is 10.1 Å². The van der Waals surface area contributed by atoms with Crippen LogP contribution in [0.4, 0.5) is 0 Å². The van der Waals surface area contributed by atoms with E-state index in [-0.39, 0.29) is 17.8 Å². The van der Waals surface area contributed by atoms with Gasteiger partial charge in [0.05, 0.1) is 16.8 Å². The minimum Gasteiger partial charge on any atom is -0.366 e. The molecule has 0 aliphatic rings. The van der Waals surface area contributed by atoms with Crippen molar-refractivity contribution < 1.29 is 14.1 Å². The third-order valence-corrected chi connectivity index (χ3v) is 4.71. The van der Waals surface area contributed by atoms with Crippen molar-refractivity contribution >= 4 is 22.7 Å². The zero-order chi connectivity index (χ0) is 21.4. The Bertz CT molecular complexity index is 1290. The van der Waals surface area contributed by atoms with Crippen molar-refractivity contribution in [1.82, 2.24) is 24.9 Å². The number of benzene rings is 1. The van der Waals surface area contributed by atoms with Crippen molar-refractivity contribution in [2.45, 2.75) is 26.8 Å². The first-order valence-electron chi connectivity index (χ1n) is 9.27. The number of pyridine rings is 1. The van der Waals surface area contributed by atoms with Gasteiger partial charge in [0.25, 0.3) is 11.8 Å². The molecule has 0 saturated carbocycles. The topological polar surface area (TPSA) is 156 Å². The van der Waals surface area contributed by atoms with E-state index < -0.39 is 11.8 Å². The molecule has 0 unspecified atom stereocenters. The van der Waals surface area contributed by atoms with Crippen LogP contribution >= 0.6 is 0 Å². The van der Waals surface area contributed by atoms with Crippen LogP contribution in [0.2, 0.25) is 0 Å². The van der Waals surface area contributed by atoms with Crippen LogP contribution in [0.1, 0.15) is 45.2 Å². The predicted molar refractivity (Wildman–Crippen MR) is 108 cm³/mol. The number of hydrogen-bond acceptors (Lipinski definition) is 7. The van der Waals surface area contributed by atoms with Gasteiger partial charge in [-0.25, -0.2) is 4.98 Å². The number of primary amides is 2. The second-order valence-electron chi connectivity index (χ2n) is 6.74. The summed E-state index contributed by atoms with van der Waals surface area (Å²) in [5.74, 6) is -0.614. The van der Waals surface area contributed by atoms with Crippen LogP contribution in [-0.2, 0) is 13.0 Å². The molecule has 10 nitrogen and oxygen atoms in total. The number of rotatable bonds is 6. The molecule has 0 aliphatic heterocycles. The molecule has 3 aromatic heterocycles. The van der Waals surface area contributed by atoms with Gasteiger partial charge in [0.2, 0.25) is 5.89 Å². The maximum atomic E-state index is 12.3. The highest BCUT2D eigenvalue weighted by molar-refractivity contribution is 6.15. The molecule has 4 aromatic rings. The largest absolute Gasteiger partial charge is 0.366 e. The van der Waals surface area contributed by atoms with Crippen LogP contribution in [0.15, 0.2) is 35.0 Å². The van der Waals surface area contributed by atoms with Gasteiger partial charge in [-0.1, -0.05) is 30.3 Å². The quantitative estimate of drug-likeness (QED) is 0.493. The molecule has 152 valence electrons. The van der Waals surface area contributed by atoms with Gasteiger partial charge in [-0.15, -0.1) is 0 Å². The van der Waals surface area contributed by atoms with E-state index in [1.165, 1.54) is 0 Å². The Hall–Kier alpha value is -4.08. The molecule has 0 spiro atoms. The number of nitrogens with zero attached hydrogens (tertiary/aromatic N) is 5. The number of aryl methyl sites for hydroxylation is 2. The molecule has 4 N–H and O–H groups in total. The van der Waals surface area contributed by atoms with Crippen molar-refractivity contribution in [3.63, 3.8) is 0 Å². The van der Waals surface area contributed by atoms with Crippen LogP contribution in [0.3, 0.4) is 0 Å². The van der Waals surface area contributed by atoms with E-state index >= 15 is 0 Å². The summed E-state index contributed by atoms with van der Waals surface area (Å²) in [6, 6.07) is 7.13. The van der Waals surface area contributed by atoms with Gasteiger partial charge < -0.3 is 16.0 Å². The van der Waals surface area contributed by atoms with E-state index in [0.717, 1.165) is 0 Å². The highest BCUT2D eigenvalue weighted by Crippen LogP contribution is 2.34. The third kappa shape index (κ3) is 3.28. The molecule has 0 saturated heterocycles. The molecule has 30 heavy (non-hydrogen) atoms. The highest BCUT2D eigenvalue weighted by Gasteiger charge is 2.25. The van der Waals surface area contributed by atoms with Gasteiger partial charge >= 0.3 is 0 Å². The average Bonchev–Trinajstić information content (AvgIpc) is 3.32. The van der Waals surface area contributed by atoms with Crippen molar-refractivity contribution in [2.24, 2.45) is 11.5 Å². The van der Waals surface area contributed by atoms with E-state index in [0.29, 0.717) is 45.9 Å². The Morgan fingerprint density at radius 1 is 1.13 bits per heavy atom. The number of carbonyl (C=O) groups excluding carboxylic acids is 2. The molecular formula is C20H19N7O3. The molecular weight excluding hydrogens is 386 g/mol. The molecule has 0 aliphatic carbocycles. The number of fused-ring (bicyclic) bond motifs is 1. The number of para-hydroxylation sites is 1. The Morgan fingerprint density at radius 3 is 2.57 bits per heavy atom. The maximum absolute atomic E-state index is 12.3. The highest BCUT2D eigenvalue weighted by atomic mass is 16.5. The number of hydrogen-bond donors (Lipinski definition) is 2. The second kappa shape index (κ2) is 7.39. The first-order valence-corrected chi connectivity index (χ1v) is 9.27. The smallest absolute Gasteiger partial charge is 0.268 e. The summed E-state index contributed by atoms with van der Waals surface area (Å²) in [5, 5.41) is 9.04. The third-order valence-electron chi connectivity index (χ3n) is 4.71. The molecule has 1 aromatic carbocycles. The Labute approximate surface area is 170 Å². The van der Waals surface area contributed by atoms with E-state index in [1.807, 2.05) is 13.0 Å². The Balaban J connectivity index is 1.92. The Kier molecular flexibility index (Phi) is 4.74. The van der Waals surface area contributed by atoms with E-state index in [1.54, 1.807) is 36.0 Å². The van der Waals surface area contributed by atoms with E-state index in [9.17, 15) is 9.59 Å². The van der Waals surface area contributed by atoms with Gasteiger partial charge in [0, 0.05) is 29.1 Å². The van der Waals surface area contributed by atoms with Crippen LogP contribution in [0.5, 0.6) is 0 Å². The zero-order valence-electron chi connectivity index (χ0n) is 16.4. The first kappa shape index (κ1) is 19.2. The fraction of sp³-hybridized carbons (Fsp3) is 0.200. The fourth-order valence-electron chi connectivity index (χ4n) is 3.39. The lowest BCUT2D eigenvalue weighted by atomic mass is 9.94. The van der Waals surface area contributed by atoms with Crippen molar-refractivity contribution in [2.75, 3.05) is 0 Å². The standard InChI is InChI=1S/C20H19N7O3/c1-3-14-24-15(30-26-14)9-27-8-12(10(2)25-27)16-11-6-4-5-7-13(11)23-18(20(22)29)17(16)19(21)28/h4-8H,3,9H2,1-2H3,(H2,21,28)(H2,22,29). The lowest BCUT2D eigenvalue weighted by Crippen LogP contribution is -2.23. The van der Waals surface area contributed by atoms with Gasteiger partial charge in [-0.05, 0) is 13.0 Å². The molecule has 0 atom stereocenters. The van der Waals surface area contributed by atoms with E-state index in [2.05, 4.69) is 20.2 Å². The summed E-state index contributed by atoms with van der Waals surface area (Å²) >= 11 is 0. The number of aromatic nitrogens is 5. The van der Waals surface area contributed by atoms with Gasteiger partial charge in [0.1, 0.15) is 12.2 Å². The van der Waals surface area contributed by atoms with Gasteiger partial charge in [-0.3, -0.25) is 14.3 Å². The van der Waals surface area contributed by atoms with Gasteiger partial charge in [0.15, 0.2) is 5.82 Å². The van der Waals surface area contributed by atoms with Crippen LogP contribution in [-0.4, -0.2) is 36.7 Å². The number of nitrogens with two attached hydrogens (primary N) is 2. The van der Waals surface area contributed by atoms with Crippen LogP contribution in [0, 0.1) is 6.92 Å². The van der Waals surface area contributed by atoms with Crippen LogP contribution < -0.4 is 11.5 Å². The monoisotopic (exact) mass is 405 g/mol. The lowest BCUT2D eigenvalue weighted by Gasteiger charge is -2.13. The maximum Gasteiger partial charge on any atom is 0.268 e.